The van der Waals surface area contributed by atoms with E-state index in [0.29, 0.717) is 11.3 Å². The van der Waals surface area contributed by atoms with E-state index in [-0.39, 0.29) is 12.0 Å². The van der Waals surface area contributed by atoms with Crippen LogP contribution in [0.25, 0.3) is 0 Å². The number of nitrogens with two attached hydrogens (primary N) is 1. The highest BCUT2D eigenvalue weighted by Gasteiger charge is 2.35. The molecule has 3 heteroatoms. The molecule has 1 amide bonds. The van der Waals surface area contributed by atoms with Gasteiger partial charge in [-0.3, -0.25) is 4.79 Å². The smallest absolute Gasteiger partial charge is 0.227 e. The molecular formula is C16H30N2O. The molecule has 0 aromatic carbocycles. The van der Waals surface area contributed by atoms with E-state index in [1.807, 2.05) is 0 Å². The number of carbonyl (C=O) groups is 1. The Morgan fingerprint density at radius 1 is 1.21 bits per heavy atom. The maximum Gasteiger partial charge on any atom is 0.227 e. The number of piperidine rings is 1. The van der Waals surface area contributed by atoms with Crippen molar-refractivity contribution in [3.05, 3.63) is 0 Å². The number of carbonyl (C=O) groups excluding carboxylic acids is 1. The van der Waals surface area contributed by atoms with Crippen molar-refractivity contribution in [2.45, 2.75) is 71.3 Å². The predicted octanol–water partition coefficient (Wildman–Crippen LogP) is 2.93. The standard InChI is InChI=1S/C16H30N2O/c1-3-16(2)9-11-18(12-10-16)15(19)13-7-5-4-6-8-14(13)17/h13-14H,3-12,17H2,1-2H3. The lowest BCUT2D eigenvalue weighted by Gasteiger charge is -2.40. The van der Waals surface area contributed by atoms with Gasteiger partial charge in [-0.1, -0.05) is 39.5 Å². The van der Waals surface area contributed by atoms with Crippen molar-refractivity contribution in [3.63, 3.8) is 0 Å². The molecule has 2 atom stereocenters. The SMILES string of the molecule is CCC1(C)CCN(C(=O)C2CCCCCC2N)CC1. The quantitative estimate of drug-likeness (QED) is 0.781. The zero-order chi connectivity index (χ0) is 13.9. The molecule has 0 radical (unpaired) electrons. The van der Waals surface area contributed by atoms with Gasteiger partial charge in [-0.05, 0) is 31.1 Å². The van der Waals surface area contributed by atoms with Gasteiger partial charge in [0.25, 0.3) is 0 Å². The second kappa shape index (κ2) is 6.25. The summed E-state index contributed by atoms with van der Waals surface area (Å²) in [6, 6.07) is 0.0921. The van der Waals surface area contributed by atoms with Crippen molar-refractivity contribution in [3.8, 4) is 0 Å². The molecule has 2 rings (SSSR count). The van der Waals surface area contributed by atoms with Gasteiger partial charge in [-0.25, -0.2) is 0 Å². The maximum absolute atomic E-state index is 12.7. The van der Waals surface area contributed by atoms with E-state index in [4.69, 9.17) is 5.73 Å². The predicted molar refractivity (Wildman–Crippen MR) is 78.8 cm³/mol. The van der Waals surface area contributed by atoms with Gasteiger partial charge in [0.15, 0.2) is 0 Å². The fourth-order valence-corrected chi connectivity index (χ4v) is 3.50. The molecule has 2 N–H and O–H groups in total. The first-order valence-electron chi connectivity index (χ1n) is 8.10. The lowest BCUT2D eigenvalue weighted by molar-refractivity contribution is -0.138. The Kier molecular flexibility index (Phi) is 4.88. The van der Waals surface area contributed by atoms with Crippen LogP contribution in [0.3, 0.4) is 0 Å². The van der Waals surface area contributed by atoms with Crippen LogP contribution >= 0.6 is 0 Å². The van der Waals surface area contributed by atoms with Gasteiger partial charge >= 0.3 is 0 Å². The van der Waals surface area contributed by atoms with Gasteiger partial charge in [0.1, 0.15) is 0 Å². The Bertz CT molecular complexity index is 308. The van der Waals surface area contributed by atoms with E-state index in [1.165, 1.54) is 25.7 Å². The topological polar surface area (TPSA) is 46.3 Å². The number of hydrogen-bond acceptors (Lipinski definition) is 2. The molecular weight excluding hydrogens is 236 g/mol. The fourth-order valence-electron chi connectivity index (χ4n) is 3.50. The number of rotatable bonds is 2. The van der Waals surface area contributed by atoms with Crippen LogP contribution in [0.5, 0.6) is 0 Å². The van der Waals surface area contributed by atoms with Crippen LogP contribution < -0.4 is 5.73 Å². The molecule has 1 aliphatic heterocycles. The monoisotopic (exact) mass is 266 g/mol. The highest BCUT2D eigenvalue weighted by atomic mass is 16.2. The molecule has 1 heterocycles. The Morgan fingerprint density at radius 3 is 2.47 bits per heavy atom. The summed E-state index contributed by atoms with van der Waals surface area (Å²) in [7, 11) is 0. The molecule has 110 valence electrons. The van der Waals surface area contributed by atoms with Crippen molar-refractivity contribution in [1.29, 1.82) is 0 Å². The number of hydrogen-bond donors (Lipinski definition) is 1. The molecule has 0 bridgehead atoms. The molecule has 2 unspecified atom stereocenters. The molecule has 1 aliphatic carbocycles. The minimum Gasteiger partial charge on any atom is -0.342 e. The second-order valence-electron chi connectivity index (χ2n) is 6.90. The Balaban J connectivity index is 1.93. The Labute approximate surface area is 117 Å². The zero-order valence-electron chi connectivity index (χ0n) is 12.7. The molecule has 0 spiro atoms. The van der Waals surface area contributed by atoms with E-state index in [1.54, 1.807) is 0 Å². The second-order valence-corrected chi connectivity index (χ2v) is 6.90. The van der Waals surface area contributed by atoms with Gasteiger partial charge in [0.2, 0.25) is 5.91 Å². The van der Waals surface area contributed by atoms with Gasteiger partial charge in [0, 0.05) is 19.1 Å². The van der Waals surface area contributed by atoms with Crippen LogP contribution in [-0.2, 0) is 4.79 Å². The van der Waals surface area contributed by atoms with Crippen molar-refractivity contribution in [2.75, 3.05) is 13.1 Å². The third-order valence-corrected chi connectivity index (χ3v) is 5.52. The summed E-state index contributed by atoms with van der Waals surface area (Å²) in [5.74, 6) is 0.432. The normalized spacial score (nSPS) is 31.8. The third-order valence-electron chi connectivity index (χ3n) is 5.52. The summed E-state index contributed by atoms with van der Waals surface area (Å²) in [6.45, 7) is 6.49. The molecule has 1 saturated heterocycles. The van der Waals surface area contributed by atoms with Crippen molar-refractivity contribution >= 4 is 5.91 Å². The molecule has 0 aromatic rings. The highest BCUT2D eigenvalue weighted by molar-refractivity contribution is 5.79. The first-order valence-corrected chi connectivity index (χ1v) is 8.10. The maximum atomic E-state index is 12.7. The lowest BCUT2D eigenvalue weighted by Crippen LogP contribution is -2.48. The minimum atomic E-state index is 0.0912. The van der Waals surface area contributed by atoms with E-state index in [0.717, 1.165) is 38.8 Å². The molecule has 2 aliphatic rings. The molecule has 0 aromatic heterocycles. The number of likely N-dealkylation sites (tertiary alicyclic amines) is 1. The lowest BCUT2D eigenvalue weighted by atomic mass is 9.78. The van der Waals surface area contributed by atoms with Crippen LogP contribution in [-0.4, -0.2) is 29.9 Å². The van der Waals surface area contributed by atoms with E-state index >= 15 is 0 Å². The van der Waals surface area contributed by atoms with Crippen molar-refractivity contribution in [1.82, 2.24) is 4.90 Å². The van der Waals surface area contributed by atoms with Crippen LogP contribution in [0.1, 0.15) is 65.2 Å². The average Bonchev–Trinajstić information content (AvgIpc) is 2.63. The third kappa shape index (κ3) is 3.50. The summed E-state index contributed by atoms with van der Waals surface area (Å²) in [6.07, 6.45) is 9.15. The number of nitrogens with zero attached hydrogens (tertiary/aromatic N) is 1. The minimum absolute atomic E-state index is 0.0912. The molecule has 19 heavy (non-hydrogen) atoms. The van der Waals surface area contributed by atoms with Crippen molar-refractivity contribution < 1.29 is 4.79 Å². The van der Waals surface area contributed by atoms with Crippen LogP contribution in [0.4, 0.5) is 0 Å². The van der Waals surface area contributed by atoms with E-state index < -0.39 is 0 Å². The molecule has 2 fully saturated rings. The zero-order valence-corrected chi connectivity index (χ0v) is 12.7. The van der Waals surface area contributed by atoms with Crippen LogP contribution in [0, 0.1) is 11.3 Å². The largest absolute Gasteiger partial charge is 0.342 e. The summed E-state index contributed by atoms with van der Waals surface area (Å²) in [5, 5.41) is 0. The number of amides is 1. The Hall–Kier alpha value is -0.570. The molecule has 1 saturated carbocycles. The fraction of sp³-hybridized carbons (Fsp3) is 0.938. The van der Waals surface area contributed by atoms with Crippen molar-refractivity contribution in [2.24, 2.45) is 17.1 Å². The highest BCUT2D eigenvalue weighted by Crippen LogP contribution is 2.35. The van der Waals surface area contributed by atoms with Crippen LogP contribution in [0.15, 0.2) is 0 Å². The van der Waals surface area contributed by atoms with Gasteiger partial charge < -0.3 is 10.6 Å². The molecule has 3 nitrogen and oxygen atoms in total. The first-order chi connectivity index (χ1) is 9.06. The van der Waals surface area contributed by atoms with Crippen LogP contribution in [0.2, 0.25) is 0 Å². The van der Waals surface area contributed by atoms with Gasteiger partial charge in [-0.15, -0.1) is 0 Å². The van der Waals surface area contributed by atoms with E-state index in [2.05, 4.69) is 18.7 Å². The summed E-state index contributed by atoms with van der Waals surface area (Å²) in [4.78, 5) is 14.8. The van der Waals surface area contributed by atoms with Gasteiger partial charge in [-0.2, -0.15) is 0 Å². The van der Waals surface area contributed by atoms with Gasteiger partial charge in [0.05, 0.1) is 5.92 Å². The summed E-state index contributed by atoms with van der Waals surface area (Å²) >= 11 is 0. The average molecular weight is 266 g/mol. The summed E-state index contributed by atoms with van der Waals surface area (Å²) in [5.41, 5.74) is 6.67. The summed E-state index contributed by atoms with van der Waals surface area (Å²) < 4.78 is 0. The Morgan fingerprint density at radius 2 is 1.84 bits per heavy atom. The first kappa shape index (κ1) is 14.8. The van der Waals surface area contributed by atoms with E-state index in [9.17, 15) is 4.79 Å².